The van der Waals surface area contributed by atoms with Gasteiger partial charge in [-0.15, -0.1) is 0 Å². The van der Waals surface area contributed by atoms with E-state index in [0.717, 1.165) is 10.9 Å². The maximum Gasteiger partial charge on any atom is 0.294 e. The van der Waals surface area contributed by atoms with Crippen LogP contribution in [0.1, 0.15) is 16.1 Å². The molecule has 1 unspecified atom stereocenters. The normalized spacial score (nSPS) is 16.5. The van der Waals surface area contributed by atoms with Crippen LogP contribution < -0.4 is 10.6 Å². The highest BCUT2D eigenvalue weighted by Gasteiger charge is 2.38. The number of carbonyl (C=O) groups excluding carboxylic acids is 2. The topological polar surface area (TPSA) is 76.5 Å². The molecule has 2 amide bonds. The number of amides is 2. The number of primary amides is 1. The standard InChI is InChI=1S/C18H14N2O3/c19-17(21)14-9-11-5-1-3-7-13(11)20(14)18(22)16-10-12-6-2-4-8-15(12)23-16/h1-8,10,14H,9H2,(H2,19,21). The molecule has 23 heavy (non-hydrogen) atoms. The molecule has 2 heterocycles. The Balaban J connectivity index is 1.80. The molecule has 0 radical (unpaired) electrons. The second kappa shape index (κ2) is 4.98. The molecule has 5 heteroatoms. The Bertz CT molecular complexity index is 896. The summed E-state index contributed by atoms with van der Waals surface area (Å²) < 4.78 is 5.64. The molecule has 3 aromatic rings. The van der Waals surface area contributed by atoms with Crippen LogP contribution in [-0.4, -0.2) is 17.9 Å². The van der Waals surface area contributed by atoms with E-state index in [1.165, 1.54) is 4.90 Å². The third kappa shape index (κ3) is 2.09. The molecule has 0 fully saturated rings. The van der Waals surface area contributed by atoms with Crippen molar-refractivity contribution in [1.82, 2.24) is 0 Å². The number of rotatable bonds is 2. The van der Waals surface area contributed by atoms with E-state index in [1.54, 1.807) is 12.1 Å². The quantitative estimate of drug-likeness (QED) is 0.790. The first-order valence-electron chi connectivity index (χ1n) is 7.34. The predicted octanol–water partition coefficient (Wildman–Crippen LogP) is 2.49. The minimum atomic E-state index is -0.687. The molecule has 114 valence electrons. The molecular formula is C18H14N2O3. The summed E-state index contributed by atoms with van der Waals surface area (Å²) in [6.07, 6.45) is 0.428. The predicted molar refractivity (Wildman–Crippen MR) is 86.2 cm³/mol. The van der Waals surface area contributed by atoms with E-state index in [1.807, 2.05) is 42.5 Å². The Labute approximate surface area is 132 Å². The van der Waals surface area contributed by atoms with E-state index in [-0.39, 0.29) is 11.7 Å². The van der Waals surface area contributed by atoms with Gasteiger partial charge in [0.2, 0.25) is 5.91 Å². The highest BCUT2D eigenvalue weighted by molar-refractivity contribution is 6.11. The van der Waals surface area contributed by atoms with Gasteiger partial charge in [-0.2, -0.15) is 0 Å². The number of para-hydroxylation sites is 2. The molecule has 5 nitrogen and oxygen atoms in total. The summed E-state index contributed by atoms with van der Waals surface area (Å²) in [5, 5.41) is 0.846. The van der Waals surface area contributed by atoms with Crippen LogP contribution in [0.3, 0.4) is 0 Å². The maximum atomic E-state index is 12.9. The Kier molecular flexibility index (Phi) is 2.94. The summed E-state index contributed by atoms with van der Waals surface area (Å²) in [6, 6.07) is 15.8. The number of nitrogens with two attached hydrogens (primary N) is 1. The van der Waals surface area contributed by atoms with Gasteiger partial charge in [-0.3, -0.25) is 14.5 Å². The van der Waals surface area contributed by atoms with Crippen molar-refractivity contribution in [3.05, 3.63) is 65.9 Å². The number of hydrogen-bond donors (Lipinski definition) is 1. The fraction of sp³-hybridized carbons (Fsp3) is 0.111. The van der Waals surface area contributed by atoms with Gasteiger partial charge in [0.25, 0.3) is 5.91 Å². The average molecular weight is 306 g/mol. The van der Waals surface area contributed by atoms with Crippen LogP contribution in [0.2, 0.25) is 0 Å². The summed E-state index contributed by atoms with van der Waals surface area (Å²) in [6.45, 7) is 0. The minimum absolute atomic E-state index is 0.203. The molecule has 0 bridgehead atoms. The number of fused-ring (bicyclic) bond motifs is 2. The molecule has 0 aliphatic carbocycles. The Morgan fingerprint density at radius 2 is 1.83 bits per heavy atom. The summed E-state index contributed by atoms with van der Waals surface area (Å²) >= 11 is 0. The van der Waals surface area contributed by atoms with E-state index in [9.17, 15) is 9.59 Å². The van der Waals surface area contributed by atoms with Crippen molar-refractivity contribution >= 4 is 28.5 Å². The second-order valence-electron chi connectivity index (χ2n) is 5.57. The van der Waals surface area contributed by atoms with Crippen molar-refractivity contribution in [3.63, 3.8) is 0 Å². The smallest absolute Gasteiger partial charge is 0.294 e. The van der Waals surface area contributed by atoms with E-state index in [4.69, 9.17) is 10.2 Å². The molecule has 0 spiro atoms. The lowest BCUT2D eigenvalue weighted by Gasteiger charge is -2.22. The van der Waals surface area contributed by atoms with Gasteiger partial charge >= 0.3 is 0 Å². The zero-order chi connectivity index (χ0) is 16.0. The molecule has 1 aliphatic rings. The molecule has 0 saturated heterocycles. The van der Waals surface area contributed by atoms with Gasteiger partial charge < -0.3 is 10.2 Å². The minimum Gasteiger partial charge on any atom is -0.451 e. The van der Waals surface area contributed by atoms with Gasteiger partial charge in [0.05, 0.1) is 0 Å². The molecule has 2 aromatic carbocycles. The van der Waals surface area contributed by atoms with Crippen LogP contribution >= 0.6 is 0 Å². The van der Waals surface area contributed by atoms with Crippen LogP contribution in [0.4, 0.5) is 5.69 Å². The lowest BCUT2D eigenvalue weighted by Crippen LogP contribution is -2.46. The molecule has 1 atom stereocenters. The lowest BCUT2D eigenvalue weighted by molar-refractivity contribution is -0.119. The highest BCUT2D eigenvalue weighted by atomic mass is 16.3. The fourth-order valence-electron chi connectivity index (χ4n) is 3.07. The molecule has 0 saturated carbocycles. The van der Waals surface area contributed by atoms with Gasteiger partial charge in [-0.1, -0.05) is 36.4 Å². The maximum absolute atomic E-state index is 12.9. The average Bonchev–Trinajstić information content (AvgIpc) is 3.15. The van der Waals surface area contributed by atoms with Gasteiger partial charge in [0, 0.05) is 17.5 Å². The monoisotopic (exact) mass is 306 g/mol. The number of nitrogens with zero attached hydrogens (tertiary/aromatic N) is 1. The first-order valence-corrected chi connectivity index (χ1v) is 7.34. The summed E-state index contributed by atoms with van der Waals surface area (Å²) in [7, 11) is 0. The fourth-order valence-corrected chi connectivity index (χ4v) is 3.07. The first-order chi connectivity index (χ1) is 11.1. The van der Waals surface area contributed by atoms with E-state index in [2.05, 4.69) is 0 Å². The summed E-state index contributed by atoms with van der Waals surface area (Å²) in [4.78, 5) is 26.1. The summed E-state index contributed by atoms with van der Waals surface area (Å²) in [5.74, 6) is -0.672. The largest absolute Gasteiger partial charge is 0.451 e. The number of benzene rings is 2. The Morgan fingerprint density at radius 3 is 2.61 bits per heavy atom. The third-order valence-corrected chi connectivity index (χ3v) is 4.16. The van der Waals surface area contributed by atoms with Gasteiger partial charge in [-0.25, -0.2) is 0 Å². The van der Waals surface area contributed by atoms with Crippen LogP contribution in [0.5, 0.6) is 0 Å². The van der Waals surface area contributed by atoms with Crippen LogP contribution in [-0.2, 0) is 11.2 Å². The van der Waals surface area contributed by atoms with E-state index in [0.29, 0.717) is 17.7 Å². The van der Waals surface area contributed by atoms with Crippen molar-refractivity contribution in [2.24, 2.45) is 5.73 Å². The summed E-state index contributed by atoms with van der Waals surface area (Å²) in [5.41, 5.74) is 7.77. The van der Waals surface area contributed by atoms with Crippen LogP contribution in [0, 0.1) is 0 Å². The van der Waals surface area contributed by atoms with Gasteiger partial charge in [0.1, 0.15) is 11.6 Å². The number of anilines is 1. The first kappa shape index (κ1) is 13.6. The molecule has 2 N–H and O–H groups in total. The molecule has 4 rings (SSSR count). The van der Waals surface area contributed by atoms with Crippen molar-refractivity contribution < 1.29 is 14.0 Å². The van der Waals surface area contributed by atoms with E-state index >= 15 is 0 Å². The van der Waals surface area contributed by atoms with Gasteiger partial charge in [-0.05, 0) is 23.8 Å². The lowest BCUT2D eigenvalue weighted by atomic mass is 10.1. The van der Waals surface area contributed by atoms with Gasteiger partial charge in [0.15, 0.2) is 5.76 Å². The van der Waals surface area contributed by atoms with Crippen LogP contribution in [0.25, 0.3) is 11.0 Å². The zero-order valence-electron chi connectivity index (χ0n) is 12.2. The van der Waals surface area contributed by atoms with Crippen LogP contribution in [0.15, 0.2) is 59.0 Å². The number of carbonyl (C=O) groups is 2. The number of hydrogen-bond acceptors (Lipinski definition) is 3. The van der Waals surface area contributed by atoms with Crippen molar-refractivity contribution in [2.45, 2.75) is 12.5 Å². The Hall–Kier alpha value is -3.08. The van der Waals surface area contributed by atoms with Crippen molar-refractivity contribution in [3.8, 4) is 0 Å². The molecule has 1 aliphatic heterocycles. The highest BCUT2D eigenvalue weighted by Crippen LogP contribution is 2.34. The molecular weight excluding hydrogens is 292 g/mol. The van der Waals surface area contributed by atoms with Crippen molar-refractivity contribution in [2.75, 3.05) is 4.90 Å². The van der Waals surface area contributed by atoms with E-state index < -0.39 is 11.9 Å². The Morgan fingerprint density at radius 1 is 1.09 bits per heavy atom. The number of furan rings is 1. The van der Waals surface area contributed by atoms with Crippen molar-refractivity contribution in [1.29, 1.82) is 0 Å². The zero-order valence-corrected chi connectivity index (χ0v) is 12.2. The third-order valence-electron chi connectivity index (χ3n) is 4.16. The molecule has 1 aromatic heterocycles. The SMILES string of the molecule is NC(=O)C1Cc2ccccc2N1C(=O)c1cc2ccccc2o1. The second-order valence-corrected chi connectivity index (χ2v) is 5.57.